The lowest BCUT2D eigenvalue weighted by Gasteiger charge is -2.08. The van der Waals surface area contributed by atoms with Gasteiger partial charge in [-0.2, -0.15) is 5.10 Å². The standard InChI is InChI=1S/C14H17N3O2/c1-4-8-17-13(11(19-3)9-16-17)14(18)12-10(2)6-5-7-15-12/h5-7,9H,4,8H2,1-3H3. The number of methoxy groups -OCH3 is 1. The van der Waals surface area contributed by atoms with Gasteiger partial charge in [-0.05, 0) is 25.0 Å². The highest BCUT2D eigenvalue weighted by atomic mass is 16.5. The SMILES string of the molecule is CCCn1ncc(OC)c1C(=O)c1ncccc1C. The van der Waals surface area contributed by atoms with Crippen LogP contribution in [0.1, 0.15) is 35.1 Å². The van der Waals surface area contributed by atoms with Gasteiger partial charge in [0, 0.05) is 12.7 Å². The topological polar surface area (TPSA) is 57.0 Å². The van der Waals surface area contributed by atoms with Crippen LogP contribution in [0.15, 0.2) is 24.5 Å². The van der Waals surface area contributed by atoms with Crippen molar-refractivity contribution in [3.8, 4) is 5.75 Å². The minimum atomic E-state index is -0.152. The van der Waals surface area contributed by atoms with E-state index in [1.165, 1.54) is 7.11 Å². The number of carbonyl (C=O) groups is 1. The molecule has 0 saturated heterocycles. The minimum absolute atomic E-state index is 0.152. The van der Waals surface area contributed by atoms with Gasteiger partial charge in [0.2, 0.25) is 5.78 Å². The number of hydrogen-bond acceptors (Lipinski definition) is 4. The second-order valence-corrected chi connectivity index (χ2v) is 4.28. The second-order valence-electron chi connectivity index (χ2n) is 4.28. The van der Waals surface area contributed by atoms with Gasteiger partial charge in [0.1, 0.15) is 5.69 Å². The van der Waals surface area contributed by atoms with Crippen LogP contribution in [0.3, 0.4) is 0 Å². The molecule has 0 saturated carbocycles. The molecule has 2 aromatic heterocycles. The van der Waals surface area contributed by atoms with Crippen LogP contribution in [-0.4, -0.2) is 27.7 Å². The first-order valence-corrected chi connectivity index (χ1v) is 6.25. The number of ether oxygens (including phenoxy) is 1. The van der Waals surface area contributed by atoms with Crippen molar-refractivity contribution >= 4 is 5.78 Å². The second kappa shape index (κ2) is 5.65. The summed E-state index contributed by atoms with van der Waals surface area (Å²) in [6, 6.07) is 3.68. The third kappa shape index (κ3) is 2.50. The molecular formula is C14H17N3O2. The number of nitrogens with zero attached hydrogens (tertiary/aromatic N) is 3. The Kier molecular flexibility index (Phi) is 3.94. The monoisotopic (exact) mass is 259 g/mol. The summed E-state index contributed by atoms with van der Waals surface area (Å²) in [5, 5.41) is 4.20. The molecule has 5 heteroatoms. The van der Waals surface area contributed by atoms with E-state index in [-0.39, 0.29) is 5.78 Å². The molecule has 0 aliphatic carbocycles. The maximum absolute atomic E-state index is 12.6. The predicted octanol–water partition coefficient (Wildman–Crippen LogP) is 2.24. The van der Waals surface area contributed by atoms with E-state index in [9.17, 15) is 4.79 Å². The first-order chi connectivity index (χ1) is 9.19. The number of rotatable bonds is 5. The molecule has 0 N–H and O–H groups in total. The Morgan fingerprint density at radius 2 is 2.26 bits per heavy atom. The van der Waals surface area contributed by atoms with E-state index in [1.807, 2.05) is 26.0 Å². The summed E-state index contributed by atoms with van der Waals surface area (Å²) < 4.78 is 6.90. The Morgan fingerprint density at radius 1 is 1.47 bits per heavy atom. The molecule has 0 amide bonds. The van der Waals surface area contributed by atoms with Crippen LogP contribution in [0.2, 0.25) is 0 Å². The van der Waals surface area contributed by atoms with Crippen LogP contribution in [0.4, 0.5) is 0 Å². The van der Waals surface area contributed by atoms with E-state index < -0.39 is 0 Å². The van der Waals surface area contributed by atoms with Crippen molar-refractivity contribution in [3.05, 3.63) is 41.5 Å². The molecule has 0 atom stereocenters. The van der Waals surface area contributed by atoms with Crippen LogP contribution in [-0.2, 0) is 6.54 Å². The fourth-order valence-corrected chi connectivity index (χ4v) is 1.96. The third-order valence-electron chi connectivity index (χ3n) is 2.90. The largest absolute Gasteiger partial charge is 0.493 e. The predicted molar refractivity (Wildman–Crippen MR) is 71.5 cm³/mol. The lowest BCUT2D eigenvalue weighted by Crippen LogP contribution is -2.14. The molecule has 2 heterocycles. The van der Waals surface area contributed by atoms with Crippen LogP contribution in [0.25, 0.3) is 0 Å². The number of aryl methyl sites for hydroxylation is 2. The Balaban J connectivity index is 2.48. The highest BCUT2D eigenvalue weighted by molar-refractivity contribution is 6.09. The lowest BCUT2D eigenvalue weighted by molar-refractivity contribution is 0.102. The zero-order chi connectivity index (χ0) is 13.8. The number of aromatic nitrogens is 3. The smallest absolute Gasteiger partial charge is 0.233 e. The first kappa shape index (κ1) is 13.3. The van der Waals surface area contributed by atoms with Gasteiger partial charge in [0.15, 0.2) is 11.4 Å². The van der Waals surface area contributed by atoms with E-state index in [0.29, 0.717) is 23.7 Å². The summed E-state index contributed by atoms with van der Waals surface area (Å²) >= 11 is 0. The first-order valence-electron chi connectivity index (χ1n) is 6.25. The van der Waals surface area contributed by atoms with Crippen LogP contribution < -0.4 is 4.74 Å². The molecule has 0 spiro atoms. The number of ketones is 1. The van der Waals surface area contributed by atoms with Crippen LogP contribution in [0.5, 0.6) is 5.75 Å². The van der Waals surface area contributed by atoms with Crippen LogP contribution in [0, 0.1) is 6.92 Å². The number of pyridine rings is 1. The maximum Gasteiger partial charge on any atom is 0.233 e. The van der Waals surface area contributed by atoms with E-state index >= 15 is 0 Å². The summed E-state index contributed by atoms with van der Waals surface area (Å²) in [6.45, 7) is 4.58. The molecule has 0 radical (unpaired) electrons. The van der Waals surface area contributed by atoms with E-state index in [0.717, 1.165) is 12.0 Å². The zero-order valence-corrected chi connectivity index (χ0v) is 11.4. The number of carbonyl (C=O) groups excluding carboxylic acids is 1. The van der Waals surface area contributed by atoms with Crippen molar-refractivity contribution in [2.75, 3.05) is 7.11 Å². The number of hydrogen-bond donors (Lipinski definition) is 0. The van der Waals surface area contributed by atoms with Crippen molar-refractivity contribution in [3.63, 3.8) is 0 Å². The fraction of sp³-hybridized carbons (Fsp3) is 0.357. The third-order valence-corrected chi connectivity index (χ3v) is 2.90. The van der Waals surface area contributed by atoms with Gasteiger partial charge in [-0.1, -0.05) is 13.0 Å². The summed E-state index contributed by atoms with van der Waals surface area (Å²) in [5.41, 5.74) is 1.75. The summed E-state index contributed by atoms with van der Waals surface area (Å²) in [7, 11) is 1.54. The Labute approximate surface area is 112 Å². The van der Waals surface area contributed by atoms with Gasteiger partial charge >= 0.3 is 0 Å². The van der Waals surface area contributed by atoms with Gasteiger partial charge < -0.3 is 4.74 Å². The quantitative estimate of drug-likeness (QED) is 0.773. The Bertz CT molecular complexity index is 590. The molecule has 0 aliphatic heterocycles. The normalized spacial score (nSPS) is 10.5. The lowest BCUT2D eigenvalue weighted by atomic mass is 10.1. The van der Waals surface area contributed by atoms with Crippen LogP contribution >= 0.6 is 0 Å². The molecule has 0 aromatic carbocycles. The maximum atomic E-state index is 12.6. The summed E-state index contributed by atoms with van der Waals surface area (Å²) in [6.07, 6.45) is 4.08. The summed E-state index contributed by atoms with van der Waals surface area (Å²) in [4.78, 5) is 16.8. The fourth-order valence-electron chi connectivity index (χ4n) is 1.96. The van der Waals surface area contributed by atoms with Crippen molar-refractivity contribution in [2.24, 2.45) is 0 Å². The molecule has 19 heavy (non-hydrogen) atoms. The van der Waals surface area contributed by atoms with Gasteiger partial charge in [-0.15, -0.1) is 0 Å². The van der Waals surface area contributed by atoms with Crippen molar-refractivity contribution in [1.29, 1.82) is 0 Å². The Morgan fingerprint density at radius 3 is 2.89 bits per heavy atom. The molecule has 0 bridgehead atoms. The molecule has 2 aromatic rings. The van der Waals surface area contributed by atoms with E-state index in [1.54, 1.807) is 17.1 Å². The van der Waals surface area contributed by atoms with E-state index in [2.05, 4.69) is 10.1 Å². The van der Waals surface area contributed by atoms with Gasteiger partial charge in [-0.25, -0.2) is 0 Å². The molecule has 2 rings (SSSR count). The highest BCUT2D eigenvalue weighted by Crippen LogP contribution is 2.22. The molecule has 100 valence electrons. The van der Waals surface area contributed by atoms with Crippen molar-refractivity contribution in [2.45, 2.75) is 26.8 Å². The van der Waals surface area contributed by atoms with E-state index in [4.69, 9.17) is 4.74 Å². The van der Waals surface area contributed by atoms with Crippen molar-refractivity contribution in [1.82, 2.24) is 14.8 Å². The average molecular weight is 259 g/mol. The van der Waals surface area contributed by atoms with Gasteiger partial charge in [0.05, 0.1) is 13.3 Å². The molecular weight excluding hydrogens is 242 g/mol. The zero-order valence-electron chi connectivity index (χ0n) is 11.4. The van der Waals surface area contributed by atoms with Gasteiger partial charge in [0.25, 0.3) is 0 Å². The Hall–Kier alpha value is -2.17. The van der Waals surface area contributed by atoms with Crippen molar-refractivity contribution < 1.29 is 9.53 Å². The average Bonchev–Trinajstić information content (AvgIpc) is 2.82. The molecule has 0 unspecified atom stereocenters. The minimum Gasteiger partial charge on any atom is -0.493 e. The van der Waals surface area contributed by atoms with Gasteiger partial charge in [-0.3, -0.25) is 14.5 Å². The summed E-state index contributed by atoms with van der Waals surface area (Å²) in [5.74, 6) is 0.337. The molecule has 0 aliphatic rings. The molecule has 5 nitrogen and oxygen atoms in total. The molecule has 0 fully saturated rings. The highest BCUT2D eigenvalue weighted by Gasteiger charge is 2.22.